The largest absolute Gasteiger partial charge is 0.356 e. The maximum absolute atomic E-state index is 5.55. The van der Waals surface area contributed by atoms with Crippen LogP contribution in [0.25, 0.3) is 11.0 Å². The molecule has 0 saturated heterocycles. The Balaban J connectivity index is 2.09. The highest BCUT2D eigenvalue weighted by molar-refractivity contribution is 5.81. The molecule has 1 heterocycles. The molecule has 0 amide bonds. The summed E-state index contributed by atoms with van der Waals surface area (Å²) < 4.78 is 5.30. The highest BCUT2D eigenvalue weighted by Gasteiger charge is 2.28. The molecule has 0 atom stereocenters. The number of nitrogens with two attached hydrogens (primary N) is 1. The van der Waals surface area contributed by atoms with Crippen LogP contribution in [-0.2, 0) is 6.42 Å². The van der Waals surface area contributed by atoms with Crippen LogP contribution < -0.4 is 5.73 Å². The number of hydrogen-bond acceptors (Lipinski definition) is 3. The summed E-state index contributed by atoms with van der Waals surface area (Å²) in [4.78, 5) is 0. The zero-order valence-corrected chi connectivity index (χ0v) is 8.57. The van der Waals surface area contributed by atoms with Crippen LogP contribution in [-0.4, -0.2) is 11.7 Å². The van der Waals surface area contributed by atoms with E-state index in [-0.39, 0.29) is 0 Å². The average Bonchev–Trinajstić information content (AvgIpc) is 3.00. The Morgan fingerprint density at radius 3 is 3.00 bits per heavy atom. The predicted octanol–water partition coefficient (Wildman–Crippen LogP) is 2.21. The van der Waals surface area contributed by atoms with Gasteiger partial charge in [0.25, 0.3) is 0 Å². The van der Waals surface area contributed by atoms with E-state index in [0.717, 1.165) is 17.7 Å². The van der Waals surface area contributed by atoms with Crippen molar-refractivity contribution in [1.82, 2.24) is 5.16 Å². The lowest BCUT2D eigenvalue weighted by atomic mass is 10.1. The lowest BCUT2D eigenvalue weighted by molar-refractivity contribution is 0.446. The molecule has 1 saturated carbocycles. The quantitative estimate of drug-likeness (QED) is 0.830. The maximum atomic E-state index is 5.55. The third kappa shape index (κ3) is 1.53. The molecule has 2 aromatic rings. The summed E-state index contributed by atoms with van der Waals surface area (Å²) in [5, 5.41) is 5.34. The molecular weight excluding hydrogens is 188 g/mol. The van der Waals surface area contributed by atoms with E-state index in [1.807, 2.05) is 6.07 Å². The molecule has 0 aliphatic heterocycles. The Kier molecular flexibility index (Phi) is 1.99. The maximum Gasteiger partial charge on any atom is 0.167 e. The van der Waals surface area contributed by atoms with Crippen molar-refractivity contribution in [2.24, 2.45) is 5.73 Å². The van der Waals surface area contributed by atoms with Crippen molar-refractivity contribution < 1.29 is 4.52 Å². The number of rotatable bonds is 3. The Labute approximate surface area is 88.2 Å². The predicted molar refractivity (Wildman–Crippen MR) is 58.7 cm³/mol. The highest BCUT2D eigenvalue weighted by atomic mass is 16.5. The molecule has 0 radical (unpaired) electrons. The van der Waals surface area contributed by atoms with Gasteiger partial charge in [0.1, 0.15) is 0 Å². The van der Waals surface area contributed by atoms with Crippen LogP contribution in [0.15, 0.2) is 22.7 Å². The van der Waals surface area contributed by atoms with Crippen molar-refractivity contribution in [1.29, 1.82) is 0 Å². The Morgan fingerprint density at radius 2 is 2.27 bits per heavy atom. The van der Waals surface area contributed by atoms with Crippen LogP contribution >= 0.6 is 0 Å². The molecule has 0 spiro atoms. The van der Waals surface area contributed by atoms with Crippen LogP contribution in [0.4, 0.5) is 0 Å². The molecule has 1 aliphatic carbocycles. The fourth-order valence-electron chi connectivity index (χ4n) is 1.98. The fraction of sp³-hybridized carbons (Fsp3) is 0.417. The molecule has 0 bridgehead atoms. The summed E-state index contributed by atoms with van der Waals surface area (Å²) in [6.07, 6.45) is 3.43. The van der Waals surface area contributed by atoms with Crippen molar-refractivity contribution in [3.05, 3.63) is 29.5 Å². The van der Waals surface area contributed by atoms with E-state index < -0.39 is 0 Å². The summed E-state index contributed by atoms with van der Waals surface area (Å²) in [7, 11) is 0. The second kappa shape index (κ2) is 3.35. The summed E-state index contributed by atoms with van der Waals surface area (Å²) in [5.41, 5.74) is 8.87. The zero-order valence-electron chi connectivity index (χ0n) is 8.57. The minimum atomic E-state index is 0.638. The number of fused-ring (bicyclic) bond motifs is 1. The van der Waals surface area contributed by atoms with Gasteiger partial charge in [0, 0.05) is 11.3 Å². The third-order valence-electron chi connectivity index (χ3n) is 2.96. The molecule has 3 rings (SSSR count). The third-order valence-corrected chi connectivity index (χ3v) is 2.96. The Hall–Kier alpha value is -1.35. The van der Waals surface area contributed by atoms with Gasteiger partial charge in [0.2, 0.25) is 0 Å². The number of nitrogens with zero attached hydrogens (tertiary/aromatic N) is 1. The van der Waals surface area contributed by atoms with Crippen molar-refractivity contribution in [2.45, 2.75) is 25.2 Å². The van der Waals surface area contributed by atoms with E-state index in [1.165, 1.54) is 23.8 Å². The van der Waals surface area contributed by atoms with E-state index in [4.69, 9.17) is 10.3 Å². The van der Waals surface area contributed by atoms with E-state index in [0.29, 0.717) is 12.5 Å². The van der Waals surface area contributed by atoms with Gasteiger partial charge < -0.3 is 10.3 Å². The first-order chi connectivity index (χ1) is 7.38. The SMILES string of the molecule is NCCc1ccc2onc(C3CC3)c2c1. The summed E-state index contributed by atoms with van der Waals surface area (Å²) >= 11 is 0. The number of benzene rings is 1. The van der Waals surface area contributed by atoms with Crippen LogP contribution in [0.5, 0.6) is 0 Å². The molecule has 78 valence electrons. The minimum absolute atomic E-state index is 0.638. The normalized spacial score (nSPS) is 16.1. The smallest absolute Gasteiger partial charge is 0.167 e. The average molecular weight is 202 g/mol. The molecular formula is C12H14N2O. The van der Waals surface area contributed by atoms with Gasteiger partial charge >= 0.3 is 0 Å². The summed E-state index contributed by atoms with van der Waals surface area (Å²) in [6, 6.07) is 6.24. The molecule has 0 unspecified atom stereocenters. The van der Waals surface area contributed by atoms with E-state index in [9.17, 15) is 0 Å². The molecule has 3 heteroatoms. The first-order valence-electron chi connectivity index (χ1n) is 5.47. The van der Waals surface area contributed by atoms with Crippen LogP contribution in [0.1, 0.15) is 30.0 Å². The van der Waals surface area contributed by atoms with Gasteiger partial charge in [-0.15, -0.1) is 0 Å². The molecule has 1 fully saturated rings. The van der Waals surface area contributed by atoms with Gasteiger partial charge in [-0.1, -0.05) is 11.2 Å². The summed E-state index contributed by atoms with van der Waals surface area (Å²) in [6.45, 7) is 0.690. The Morgan fingerprint density at radius 1 is 1.40 bits per heavy atom. The van der Waals surface area contributed by atoms with Gasteiger partial charge in [-0.25, -0.2) is 0 Å². The number of aromatic nitrogens is 1. The zero-order chi connectivity index (χ0) is 10.3. The second-order valence-electron chi connectivity index (χ2n) is 4.21. The summed E-state index contributed by atoms with van der Waals surface area (Å²) in [5.74, 6) is 0.638. The molecule has 3 nitrogen and oxygen atoms in total. The topological polar surface area (TPSA) is 52.0 Å². The van der Waals surface area contributed by atoms with Gasteiger partial charge in [-0.3, -0.25) is 0 Å². The van der Waals surface area contributed by atoms with Gasteiger partial charge in [-0.05, 0) is 43.5 Å². The standard InChI is InChI=1S/C12H14N2O/c13-6-5-8-1-4-11-10(7-8)12(14-15-11)9-2-3-9/h1,4,7,9H,2-3,5-6,13H2. The molecule has 1 aromatic carbocycles. The first-order valence-corrected chi connectivity index (χ1v) is 5.47. The van der Waals surface area contributed by atoms with E-state index in [2.05, 4.69) is 17.3 Å². The van der Waals surface area contributed by atoms with Crippen LogP contribution in [0.2, 0.25) is 0 Å². The minimum Gasteiger partial charge on any atom is -0.356 e. The highest BCUT2D eigenvalue weighted by Crippen LogP contribution is 2.42. The Bertz CT molecular complexity index is 485. The van der Waals surface area contributed by atoms with E-state index in [1.54, 1.807) is 0 Å². The van der Waals surface area contributed by atoms with E-state index >= 15 is 0 Å². The molecule has 1 aromatic heterocycles. The van der Waals surface area contributed by atoms with Gasteiger partial charge in [0.05, 0.1) is 5.69 Å². The van der Waals surface area contributed by atoms with Crippen molar-refractivity contribution in [3.63, 3.8) is 0 Å². The number of hydrogen-bond donors (Lipinski definition) is 1. The molecule has 1 aliphatic rings. The van der Waals surface area contributed by atoms with Crippen molar-refractivity contribution >= 4 is 11.0 Å². The van der Waals surface area contributed by atoms with Crippen molar-refractivity contribution in [3.8, 4) is 0 Å². The fourth-order valence-corrected chi connectivity index (χ4v) is 1.98. The molecule has 2 N–H and O–H groups in total. The van der Waals surface area contributed by atoms with Crippen LogP contribution in [0, 0.1) is 0 Å². The van der Waals surface area contributed by atoms with Crippen molar-refractivity contribution in [2.75, 3.05) is 6.54 Å². The van der Waals surface area contributed by atoms with Gasteiger partial charge in [0.15, 0.2) is 5.58 Å². The lowest BCUT2D eigenvalue weighted by Gasteiger charge is -1.98. The monoisotopic (exact) mass is 202 g/mol. The molecule has 15 heavy (non-hydrogen) atoms. The van der Waals surface area contributed by atoms with Crippen LogP contribution in [0.3, 0.4) is 0 Å². The van der Waals surface area contributed by atoms with Gasteiger partial charge in [-0.2, -0.15) is 0 Å². The lowest BCUT2D eigenvalue weighted by Crippen LogP contribution is -2.02. The second-order valence-corrected chi connectivity index (χ2v) is 4.21. The first kappa shape index (κ1) is 8.92.